The Hall–Kier alpha value is -1.25. The summed E-state index contributed by atoms with van der Waals surface area (Å²) >= 11 is 0. The quantitative estimate of drug-likeness (QED) is 0.804. The van der Waals surface area contributed by atoms with E-state index in [1.54, 1.807) is 13.3 Å². The molecule has 2 rings (SSSR count). The summed E-state index contributed by atoms with van der Waals surface area (Å²) < 4.78 is 0. The molecule has 92 valence electrons. The van der Waals surface area contributed by atoms with Crippen LogP contribution in [-0.4, -0.2) is 15.8 Å². The van der Waals surface area contributed by atoms with Crippen molar-refractivity contribution in [2.45, 2.75) is 52.4 Å². The monoisotopic (exact) mass is 232 g/mol. The Labute approximate surface area is 103 Å². The van der Waals surface area contributed by atoms with E-state index in [0.717, 1.165) is 24.2 Å². The number of hydrogen-bond acceptors (Lipinski definition) is 3. The highest BCUT2D eigenvalue weighted by Gasteiger charge is 2.27. The lowest BCUT2D eigenvalue weighted by molar-refractivity contribution is -0.119. The largest absolute Gasteiger partial charge is 0.299 e. The SMILES string of the molecule is CC(=O)C(c1ncnc2c1CCCC2)C(C)C. The molecule has 0 spiro atoms. The molecule has 0 saturated heterocycles. The van der Waals surface area contributed by atoms with Gasteiger partial charge in [-0.05, 0) is 44.1 Å². The summed E-state index contributed by atoms with van der Waals surface area (Å²) in [6, 6.07) is 0. The van der Waals surface area contributed by atoms with Gasteiger partial charge in [0, 0.05) is 5.69 Å². The second-order valence-corrected chi connectivity index (χ2v) is 5.22. The fourth-order valence-electron chi connectivity index (χ4n) is 2.79. The molecule has 0 aliphatic heterocycles. The number of aryl methyl sites for hydroxylation is 1. The standard InChI is InChI=1S/C14H20N2O/c1-9(2)13(10(3)17)14-11-6-4-5-7-12(11)15-8-16-14/h8-9,13H,4-7H2,1-3H3. The number of fused-ring (bicyclic) bond motifs is 1. The third-order valence-electron chi connectivity index (χ3n) is 3.56. The van der Waals surface area contributed by atoms with Crippen LogP contribution in [0.25, 0.3) is 0 Å². The van der Waals surface area contributed by atoms with Gasteiger partial charge in [-0.1, -0.05) is 13.8 Å². The minimum absolute atomic E-state index is 0.0650. The van der Waals surface area contributed by atoms with Crippen molar-refractivity contribution < 1.29 is 4.79 Å². The van der Waals surface area contributed by atoms with E-state index >= 15 is 0 Å². The van der Waals surface area contributed by atoms with Gasteiger partial charge in [0.25, 0.3) is 0 Å². The lowest BCUT2D eigenvalue weighted by Crippen LogP contribution is -2.21. The van der Waals surface area contributed by atoms with Gasteiger partial charge in [0.15, 0.2) is 0 Å². The van der Waals surface area contributed by atoms with E-state index in [-0.39, 0.29) is 11.7 Å². The number of carbonyl (C=O) groups excluding carboxylic acids is 1. The molecule has 17 heavy (non-hydrogen) atoms. The summed E-state index contributed by atoms with van der Waals surface area (Å²) in [6.45, 7) is 5.84. The fraction of sp³-hybridized carbons (Fsp3) is 0.643. The summed E-state index contributed by atoms with van der Waals surface area (Å²) in [6.07, 6.45) is 6.08. The summed E-state index contributed by atoms with van der Waals surface area (Å²) in [4.78, 5) is 20.6. The minimum atomic E-state index is -0.0650. The van der Waals surface area contributed by atoms with Gasteiger partial charge in [-0.3, -0.25) is 4.79 Å². The van der Waals surface area contributed by atoms with Crippen LogP contribution in [0.1, 0.15) is 56.5 Å². The average molecular weight is 232 g/mol. The summed E-state index contributed by atoms with van der Waals surface area (Å²) in [5, 5.41) is 0. The Morgan fingerprint density at radius 1 is 1.24 bits per heavy atom. The maximum atomic E-state index is 11.8. The Morgan fingerprint density at radius 3 is 2.59 bits per heavy atom. The van der Waals surface area contributed by atoms with Gasteiger partial charge in [-0.15, -0.1) is 0 Å². The molecule has 1 atom stereocenters. The highest BCUT2D eigenvalue weighted by Crippen LogP contribution is 2.30. The van der Waals surface area contributed by atoms with Crippen LogP contribution in [0.4, 0.5) is 0 Å². The number of Topliss-reactive ketones (excluding diaryl/α,β-unsaturated/α-hetero) is 1. The number of aromatic nitrogens is 2. The highest BCUT2D eigenvalue weighted by molar-refractivity contribution is 5.83. The van der Waals surface area contributed by atoms with Crippen LogP contribution in [0.2, 0.25) is 0 Å². The molecule has 0 bridgehead atoms. The van der Waals surface area contributed by atoms with Gasteiger partial charge < -0.3 is 0 Å². The average Bonchev–Trinajstić information content (AvgIpc) is 2.28. The number of nitrogens with zero attached hydrogens (tertiary/aromatic N) is 2. The fourth-order valence-corrected chi connectivity index (χ4v) is 2.79. The van der Waals surface area contributed by atoms with Gasteiger partial charge in [-0.2, -0.15) is 0 Å². The molecule has 1 aromatic rings. The lowest BCUT2D eigenvalue weighted by atomic mass is 9.83. The summed E-state index contributed by atoms with van der Waals surface area (Å²) in [5.41, 5.74) is 3.39. The third-order valence-corrected chi connectivity index (χ3v) is 3.56. The van der Waals surface area contributed by atoms with E-state index in [1.165, 1.54) is 18.4 Å². The van der Waals surface area contributed by atoms with Crippen LogP contribution in [-0.2, 0) is 17.6 Å². The Kier molecular flexibility index (Phi) is 3.55. The summed E-state index contributed by atoms with van der Waals surface area (Å²) in [7, 11) is 0. The second-order valence-electron chi connectivity index (χ2n) is 5.22. The molecule has 1 heterocycles. The Morgan fingerprint density at radius 2 is 1.94 bits per heavy atom. The van der Waals surface area contributed by atoms with Gasteiger partial charge >= 0.3 is 0 Å². The zero-order chi connectivity index (χ0) is 12.4. The molecule has 1 aliphatic rings. The maximum absolute atomic E-state index is 11.8. The van der Waals surface area contributed by atoms with Gasteiger partial charge in [0.05, 0.1) is 11.6 Å². The number of hydrogen-bond donors (Lipinski definition) is 0. The van der Waals surface area contributed by atoms with Crippen LogP contribution >= 0.6 is 0 Å². The highest BCUT2D eigenvalue weighted by atomic mass is 16.1. The molecule has 0 radical (unpaired) electrons. The van der Waals surface area contributed by atoms with Gasteiger partial charge in [0.1, 0.15) is 12.1 Å². The van der Waals surface area contributed by atoms with Crippen LogP contribution in [0.15, 0.2) is 6.33 Å². The molecular weight excluding hydrogens is 212 g/mol. The van der Waals surface area contributed by atoms with Gasteiger partial charge in [0.2, 0.25) is 0 Å². The van der Waals surface area contributed by atoms with E-state index in [1.807, 2.05) is 0 Å². The predicted molar refractivity (Wildman–Crippen MR) is 66.9 cm³/mol. The van der Waals surface area contributed by atoms with E-state index in [2.05, 4.69) is 23.8 Å². The smallest absolute Gasteiger partial charge is 0.139 e. The molecule has 1 aliphatic carbocycles. The molecule has 0 N–H and O–H groups in total. The first kappa shape index (κ1) is 12.2. The first-order chi connectivity index (χ1) is 8.11. The minimum Gasteiger partial charge on any atom is -0.299 e. The number of carbonyl (C=O) groups is 1. The first-order valence-electron chi connectivity index (χ1n) is 6.44. The molecule has 3 nitrogen and oxygen atoms in total. The van der Waals surface area contributed by atoms with E-state index < -0.39 is 0 Å². The normalized spacial score (nSPS) is 16.7. The van der Waals surface area contributed by atoms with E-state index in [9.17, 15) is 4.79 Å². The molecule has 3 heteroatoms. The Bertz CT molecular complexity index is 426. The van der Waals surface area contributed by atoms with Crippen LogP contribution < -0.4 is 0 Å². The molecule has 0 saturated carbocycles. The van der Waals surface area contributed by atoms with Crippen molar-refractivity contribution in [1.29, 1.82) is 0 Å². The molecule has 0 amide bonds. The van der Waals surface area contributed by atoms with Crippen molar-refractivity contribution in [1.82, 2.24) is 9.97 Å². The van der Waals surface area contributed by atoms with Crippen LogP contribution in [0.3, 0.4) is 0 Å². The lowest BCUT2D eigenvalue weighted by Gasteiger charge is -2.23. The number of ketones is 1. The Balaban J connectivity index is 2.46. The zero-order valence-electron chi connectivity index (χ0n) is 10.9. The van der Waals surface area contributed by atoms with Crippen LogP contribution in [0, 0.1) is 5.92 Å². The van der Waals surface area contributed by atoms with Crippen molar-refractivity contribution >= 4 is 5.78 Å². The maximum Gasteiger partial charge on any atom is 0.139 e. The van der Waals surface area contributed by atoms with Crippen molar-refractivity contribution in [3.05, 3.63) is 23.3 Å². The molecule has 1 aromatic heterocycles. The first-order valence-corrected chi connectivity index (χ1v) is 6.44. The zero-order valence-corrected chi connectivity index (χ0v) is 10.9. The molecule has 0 aromatic carbocycles. The van der Waals surface area contributed by atoms with Crippen molar-refractivity contribution in [2.24, 2.45) is 5.92 Å². The molecular formula is C14H20N2O. The molecule has 1 unspecified atom stereocenters. The van der Waals surface area contributed by atoms with Crippen LogP contribution in [0.5, 0.6) is 0 Å². The van der Waals surface area contributed by atoms with E-state index in [4.69, 9.17) is 0 Å². The van der Waals surface area contributed by atoms with E-state index in [0.29, 0.717) is 5.92 Å². The van der Waals surface area contributed by atoms with Gasteiger partial charge in [-0.25, -0.2) is 9.97 Å². The number of rotatable bonds is 3. The third kappa shape index (κ3) is 2.38. The summed E-state index contributed by atoms with van der Waals surface area (Å²) in [5.74, 6) is 0.449. The van der Waals surface area contributed by atoms with Crippen molar-refractivity contribution in [3.63, 3.8) is 0 Å². The topological polar surface area (TPSA) is 42.9 Å². The van der Waals surface area contributed by atoms with Crippen molar-refractivity contribution in [3.8, 4) is 0 Å². The second kappa shape index (κ2) is 4.94. The van der Waals surface area contributed by atoms with Crippen molar-refractivity contribution in [2.75, 3.05) is 0 Å². The molecule has 0 fully saturated rings. The predicted octanol–water partition coefficient (Wildman–Crippen LogP) is 2.68.